The number of aryl methyl sites for hydroxylation is 1. The van der Waals surface area contributed by atoms with Gasteiger partial charge >= 0.3 is 0 Å². The molecule has 7 nitrogen and oxygen atoms in total. The van der Waals surface area contributed by atoms with Crippen LogP contribution in [-0.2, 0) is 11.2 Å². The topological polar surface area (TPSA) is 66.6 Å². The Morgan fingerprint density at radius 3 is 2.67 bits per heavy atom. The van der Waals surface area contributed by atoms with Crippen molar-refractivity contribution >= 4 is 17.4 Å². The van der Waals surface area contributed by atoms with Crippen molar-refractivity contribution in [3.05, 3.63) is 53.4 Å². The van der Waals surface area contributed by atoms with Crippen molar-refractivity contribution < 1.29 is 13.6 Å². The molecule has 3 aromatic rings. The Balaban J connectivity index is 1.39. The summed E-state index contributed by atoms with van der Waals surface area (Å²) in [6.07, 6.45) is 1.60. The molecule has 3 heterocycles. The summed E-state index contributed by atoms with van der Waals surface area (Å²) in [6, 6.07) is 6.34. The number of halogens is 2. The van der Waals surface area contributed by atoms with Crippen LogP contribution in [0.15, 0.2) is 30.6 Å². The maximum Gasteiger partial charge on any atom is 0.227 e. The van der Waals surface area contributed by atoms with E-state index in [2.05, 4.69) is 20.2 Å². The number of carbonyl (C=O) groups excluding carboxylic acids is 1. The largest absolute Gasteiger partial charge is 0.352 e. The summed E-state index contributed by atoms with van der Waals surface area (Å²) >= 11 is 0. The quantitative estimate of drug-likeness (QED) is 0.699. The zero-order chi connectivity index (χ0) is 19.0. The van der Waals surface area contributed by atoms with Gasteiger partial charge in [-0.3, -0.25) is 4.79 Å². The van der Waals surface area contributed by atoms with Crippen molar-refractivity contribution in [2.45, 2.75) is 13.3 Å². The van der Waals surface area contributed by atoms with E-state index in [1.165, 1.54) is 13.0 Å². The summed E-state index contributed by atoms with van der Waals surface area (Å²) in [7, 11) is 0. The normalized spacial score (nSPS) is 14.8. The summed E-state index contributed by atoms with van der Waals surface area (Å²) in [5.41, 5.74) is 1.37. The molecule has 1 aromatic carbocycles. The van der Waals surface area contributed by atoms with Crippen LogP contribution in [-0.4, -0.2) is 56.8 Å². The highest BCUT2D eigenvalue weighted by Crippen LogP contribution is 2.17. The van der Waals surface area contributed by atoms with Crippen molar-refractivity contribution in [3.8, 4) is 0 Å². The second-order valence-corrected chi connectivity index (χ2v) is 6.58. The monoisotopic (exact) mass is 372 g/mol. The molecular formula is C18H18F2N6O. The molecule has 0 unspecified atom stereocenters. The zero-order valence-corrected chi connectivity index (χ0v) is 14.8. The Morgan fingerprint density at radius 2 is 1.93 bits per heavy atom. The summed E-state index contributed by atoms with van der Waals surface area (Å²) in [6.45, 7) is 3.86. The molecule has 2 aromatic heterocycles. The fraction of sp³-hybridized carbons (Fsp3) is 0.333. The van der Waals surface area contributed by atoms with Crippen molar-refractivity contribution in [2.75, 3.05) is 31.1 Å². The molecule has 4 rings (SSSR count). The minimum atomic E-state index is -0.918. The van der Waals surface area contributed by atoms with Crippen LogP contribution < -0.4 is 4.90 Å². The van der Waals surface area contributed by atoms with E-state index in [1.54, 1.807) is 15.7 Å². The van der Waals surface area contributed by atoms with E-state index in [0.717, 1.165) is 11.9 Å². The highest BCUT2D eigenvalue weighted by atomic mass is 19.2. The fourth-order valence-electron chi connectivity index (χ4n) is 3.26. The number of nitrogens with zero attached hydrogens (tertiary/aromatic N) is 6. The van der Waals surface area contributed by atoms with Gasteiger partial charge in [0.25, 0.3) is 0 Å². The van der Waals surface area contributed by atoms with Crippen LogP contribution in [0.1, 0.15) is 11.1 Å². The van der Waals surface area contributed by atoms with E-state index < -0.39 is 11.6 Å². The van der Waals surface area contributed by atoms with Gasteiger partial charge in [-0.2, -0.15) is 4.52 Å². The zero-order valence-electron chi connectivity index (χ0n) is 14.8. The van der Waals surface area contributed by atoms with E-state index in [0.29, 0.717) is 37.4 Å². The van der Waals surface area contributed by atoms with E-state index in [9.17, 15) is 13.6 Å². The first kappa shape index (κ1) is 17.3. The molecule has 1 aliphatic heterocycles. The molecule has 0 spiro atoms. The number of hydrogen-bond acceptors (Lipinski definition) is 5. The molecule has 1 amide bonds. The molecule has 27 heavy (non-hydrogen) atoms. The van der Waals surface area contributed by atoms with Gasteiger partial charge in [0.1, 0.15) is 12.1 Å². The van der Waals surface area contributed by atoms with Gasteiger partial charge in [0, 0.05) is 26.2 Å². The van der Waals surface area contributed by atoms with Crippen LogP contribution in [0.25, 0.3) is 5.65 Å². The second-order valence-electron chi connectivity index (χ2n) is 6.58. The first-order valence-electron chi connectivity index (χ1n) is 8.65. The number of benzene rings is 1. The maximum atomic E-state index is 13.5. The Bertz CT molecular complexity index is 973. The third kappa shape index (κ3) is 3.44. The van der Waals surface area contributed by atoms with Crippen LogP contribution >= 0.6 is 0 Å². The summed E-state index contributed by atoms with van der Waals surface area (Å²) < 4.78 is 28.5. The molecule has 1 aliphatic rings. The second kappa shape index (κ2) is 6.90. The lowest BCUT2D eigenvalue weighted by Gasteiger charge is -2.35. The number of anilines is 1. The van der Waals surface area contributed by atoms with Crippen molar-refractivity contribution in [1.29, 1.82) is 0 Å². The van der Waals surface area contributed by atoms with E-state index in [4.69, 9.17) is 0 Å². The predicted octanol–water partition coefficient (Wildman–Crippen LogP) is 1.60. The standard InChI is InChI=1S/C18H18F2N6O/c1-12-8-13(9-14(19)18(12)20)10-17(27)25-6-4-24(5-7-25)16-3-2-15-22-21-11-26(15)23-16/h2-3,8-9,11H,4-7,10H2,1H3. The van der Waals surface area contributed by atoms with Gasteiger partial charge in [-0.15, -0.1) is 15.3 Å². The molecule has 0 N–H and O–H groups in total. The smallest absolute Gasteiger partial charge is 0.227 e. The van der Waals surface area contributed by atoms with Crippen LogP contribution in [0.3, 0.4) is 0 Å². The van der Waals surface area contributed by atoms with Crippen LogP contribution in [0.5, 0.6) is 0 Å². The van der Waals surface area contributed by atoms with Gasteiger partial charge in [-0.05, 0) is 36.2 Å². The lowest BCUT2D eigenvalue weighted by Crippen LogP contribution is -2.49. The molecule has 0 atom stereocenters. The van der Waals surface area contributed by atoms with E-state index in [-0.39, 0.29) is 17.9 Å². The van der Waals surface area contributed by atoms with E-state index in [1.807, 2.05) is 12.1 Å². The van der Waals surface area contributed by atoms with Gasteiger partial charge in [0.2, 0.25) is 5.91 Å². The molecule has 9 heteroatoms. The summed E-state index contributed by atoms with van der Waals surface area (Å²) in [4.78, 5) is 16.3. The molecule has 0 radical (unpaired) electrons. The predicted molar refractivity (Wildman–Crippen MR) is 94.4 cm³/mol. The highest BCUT2D eigenvalue weighted by Gasteiger charge is 2.23. The minimum Gasteiger partial charge on any atom is -0.352 e. The Morgan fingerprint density at radius 1 is 1.15 bits per heavy atom. The highest BCUT2D eigenvalue weighted by molar-refractivity contribution is 5.79. The average Bonchev–Trinajstić information content (AvgIpc) is 3.14. The minimum absolute atomic E-state index is 0.0585. The third-order valence-electron chi connectivity index (χ3n) is 4.73. The average molecular weight is 372 g/mol. The SMILES string of the molecule is Cc1cc(CC(=O)N2CCN(c3ccc4nncn4n3)CC2)cc(F)c1F. The molecule has 0 saturated carbocycles. The number of fused-ring (bicyclic) bond motifs is 1. The first-order chi connectivity index (χ1) is 13.0. The van der Waals surface area contributed by atoms with Gasteiger partial charge in [-0.25, -0.2) is 8.78 Å². The number of piperazine rings is 1. The summed E-state index contributed by atoms with van der Waals surface area (Å²) in [5.74, 6) is -1.08. The van der Waals surface area contributed by atoms with Crippen molar-refractivity contribution in [1.82, 2.24) is 24.7 Å². The number of carbonyl (C=O) groups is 1. The van der Waals surface area contributed by atoms with Crippen molar-refractivity contribution in [2.24, 2.45) is 0 Å². The maximum absolute atomic E-state index is 13.5. The Labute approximate surface area is 154 Å². The van der Waals surface area contributed by atoms with Crippen LogP contribution in [0.2, 0.25) is 0 Å². The number of aromatic nitrogens is 4. The van der Waals surface area contributed by atoms with Gasteiger partial charge in [0.05, 0.1) is 6.42 Å². The molecular weight excluding hydrogens is 354 g/mol. The molecule has 0 aliphatic carbocycles. The number of hydrogen-bond donors (Lipinski definition) is 0. The third-order valence-corrected chi connectivity index (χ3v) is 4.73. The van der Waals surface area contributed by atoms with Crippen molar-refractivity contribution in [3.63, 3.8) is 0 Å². The van der Waals surface area contributed by atoms with Gasteiger partial charge in [-0.1, -0.05) is 6.07 Å². The molecule has 140 valence electrons. The number of amides is 1. The Kier molecular flexibility index (Phi) is 4.43. The first-order valence-corrected chi connectivity index (χ1v) is 8.65. The summed E-state index contributed by atoms with van der Waals surface area (Å²) in [5, 5.41) is 12.2. The van der Waals surface area contributed by atoms with Gasteiger partial charge in [0.15, 0.2) is 17.3 Å². The Hall–Kier alpha value is -3.10. The lowest BCUT2D eigenvalue weighted by atomic mass is 10.1. The van der Waals surface area contributed by atoms with Gasteiger partial charge < -0.3 is 9.80 Å². The molecule has 1 saturated heterocycles. The van der Waals surface area contributed by atoms with Crippen LogP contribution in [0.4, 0.5) is 14.6 Å². The fourth-order valence-corrected chi connectivity index (χ4v) is 3.26. The lowest BCUT2D eigenvalue weighted by molar-refractivity contribution is -0.130. The molecule has 1 fully saturated rings. The van der Waals surface area contributed by atoms with E-state index >= 15 is 0 Å². The number of rotatable bonds is 3. The van der Waals surface area contributed by atoms with Crippen LogP contribution in [0, 0.1) is 18.6 Å². The molecule has 0 bridgehead atoms.